The molecule has 3 saturated carbocycles. The number of allylic oxidation sites excluding steroid dienone is 1. The van der Waals surface area contributed by atoms with Gasteiger partial charge < -0.3 is 4.74 Å². The quantitative estimate of drug-likeness (QED) is 0.0661. The second-order valence-electron chi connectivity index (χ2n) is 18.3. The summed E-state index contributed by atoms with van der Waals surface area (Å²) < 4.78 is 6.13. The third kappa shape index (κ3) is 10.8. The number of ether oxygens (including phenoxy) is 1. The van der Waals surface area contributed by atoms with Crippen molar-refractivity contribution in [3.05, 3.63) is 11.6 Å². The minimum Gasteiger partial charge on any atom is -0.462 e. The number of rotatable bonds is 22. The SMILES string of the molecule is CCCCCCCCCCCCCCCCCC(=O)O[C@@H]1CC[C@@]2(C)C(=CC[C@@H]3[C@H]2CC[C@]2(C)[C@@H]([C@H](C)CCCC(C)C)CC[C@@H]32)C1. The van der Waals surface area contributed by atoms with Crippen molar-refractivity contribution in [2.24, 2.45) is 46.3 Å². The van der Waals surface area contributed by atoms with Crippen molar-refractivity contribution in [1.82, 2.24) is 0 Å². The van der Waals surface area contributed by atoms with Gasteiger partial charge in [-0.15, -0.1) is 0 Å². The molecule has 4 aliphatic rings. The molecule has 0 unspecified atom stereocenters. The van der Waals surface area contributed by atoms with Crippen molar-refractivity contribution in [3.8, 4) is 0 Å². The lowest BCUT2D eigenvalue weighted by Gasteiger charge is -2.58. The summed E-state index contributed by atoms with van der Waals surface area (Å²) >= 11 is 0. The van der Waals surface area contributed by atoms with Crippen LogP contribution in [0.25, 0.3) is 0 Å². The average Bonchev–Trinajstić information content (AvgIpc) is 3.40. The minimum atomic E-state index is 0.0653. The molecule has 4 aliphatic carbocycles. The Morgan fingerprint density at radius 3 is 1.98 bits per heavy atom. The molecule has 0 heterocycles. The summed E-state index contributed by atoms with van der Waals surface area (Å²) in [5.41, 5.74) is 2.54. The highest BCUT2D eigenvalue weighted by Gasteiger charge is 2.59. The van der Waals surface area contributed by atoms with E-state index in [1.54, 1.807) is 5.57 Å². The zero-order chi connectivity index (χ0) is 33.7. The summed E-state index contributed by atoms with van der Waals surface area (Å²) in [6, 6.07) is 0. The lowest BCUT2D eigenvalue weighted by atomic mass is 9.47. The second kappa shape index (κ2) is 19.6. The summed E-state index contributed by atoms with van der Waals surface area (Å²) in [5.74, 6) is 5.34. The fourth-order valence-electron chi connectivity index (χ4n) is 11.6. The van der Waals surface area contributed by atoms with Crippen LogP contribution in [0.2, 0.25) is 0 Å². The molecule has 0 aliphatic heterocycles. The van der Waals surface area contributed by atoms with Gasteiger partial charge in [0.2, 0.25) is 0 Å². The molecule has 0 aromatic rings. The monoisotopic (exact) mass is 653 g/mol. The van der Waals surface area contributed by atoms with E-state index in [0.717, 1.165) is 54.8 Å². The Balaban J connectivity index is 1.10. The summed E-state index contributed by atoms with van der Waals surface area (Å²) in [5, 5.41) is 0. The molecule has 0 saturated heterocycles. The molecule has 0 aromatic carbocycles. The van der Waals surface area contributed by atoms with E-state index < -0.39 is 0 Å². The maximum atomic E-state index is 12.8. The largest absolute Gasteiger partial charge is 0.462 e. The summed E-state index contributed by atoms with van der Waals surface area (Å²) in [4.78, 5) is 12.8. The lowest BCUT2D eigenvalue weighted by Crippen LogP contribution is -2.51. The van der Waals surface area contributed by atoms with Crippen LogP contribution < -0.4 is 0 Å². The second-order valence-corrected chi connectivity index (χ2v) is 18.3. The standard InChI is InChI=1S/C45H80O2/c1-7-8-9-10-11-12-13-14-15-16-17-18-19-20-21-25-43(46)47-38-30-32-44(5)37(34-38)26-27-39-41-29-28-40(36(4)24-22-23-35(2)3)45(41,6)33-31-42(39)44/h26,35-36,38-42H,7-25,27-34H2,1-6H3/t36-,38-,39+,40-,41+,42-,44+,45-/m1/s1. The van der Waals surface area contributed by atoms with Gasteiger partial charge >= 0.3 is 5.97 Å². The van der Waals surface area contributed by atoms with Crippen LogP contribution in [0.15, 0.2) is 11.6 Å². The van der Waals surface area contributed by atoms with Crippen LogP contribution in [0.4, 0.5) is 0 Å². The van der Waals surface area contributed by atoms with Gasteiger partial charge in [-0.25, -0.2) is 0 Å². The Labute approximate surface area is 293 Å². The highest BCUT2D eigenvalue weighted by Crippen LogP contribution is 2.67. The van der Waals surface area contributed by atoms with Gasteiger partial charge in [0, 0.05) is 12.8 Å². The molecule has 0 radical (unpaired) electrons. The molecule has 4 rings (SSSR count). The van der Waals surface area contributed by atoms with E-state index in [9.17, 15) is 4.79 Å². The number of hydrogen-bond acceptors (Lipinski definition) is 2. The van der Waals surface area contributed by atoms with Gasteiger partial charge in [-0.2, -0.15) is 0 Å². The Hall–Kier alpha value is -0.790. The Morgan fingerprint density at radius 1 is 0.745 bits per heavy atom. The Morgan fingerprint density at radius 2 is 1.36 bits per heavy atom. The van der Waals surface area contributed by atoms with Gasteiger partial charge in [-0.05, 0) is 97.7 Å². The van der Waals surface area contributed by atoms with Gasteiger partial charge in [-0.3, -0.25) is 4.79 Å². The fraction of sp³-hybridized carbons (Fsp3) is 0.933. The zero-order valence-electron chi connectivity index (χ0n) is 32.5. The molecule has 8 atom stereocenters. The molecule has 0 aromatic heterocycles. The van der Waals surface area contributed by atoms with Crippen molar-refractivity contribution < 1.29 is 9.53 Å². The first-order chi connectivity index (χ1) is 22.7. The first kappa shape index (κ1) is 39.0. The van der Waals surface area contributed by atoms with Crippen LogP contribution in [0.1, 0.15) is 215 Å². The van der Waals surface area contributed by atoms with Crippen molar-refractivity contribution in [2.75, 3.05) is 0 Å². The molecule has 0 spiro atoms. The van der Waals surface area contributed by atoms with Crippen molar-refractivity contribution in [1.29, 1.82) is 0 Å². The fourth-order valence-corrected chi connectivity index (χ4v) is 11.6. The molecule has 2 heteroatoms. The third-order valence-electron chi connectivity index (χ3n) is 14.5. The van der Waals surface area contributed by atoms with E-state index in [-0.39, 0.29) is 12.1 Å². The topological polar surface area (TPSA) is 26.3 Å². The number of esters is 1. The average molecular weight is 653 g/mol. The summed E-state index contributed by atoms with van der Waals surface area (Å²) in [7, 11) is 0. The highest BCUT2D eigenvalue weighted by atomic mass is 16.5. The highest BCUT2D eigenvalue weighted by molar-refractivity contribution is 5.69. The zero-order valence-corrected chi connectivity index (χ0v) is 32.5. The number of carbonyl (C=O) groups is 1. The predicted octanol–water partition coefficient (Wildman–Crippen LogP) is 14.2. The van der Waals surface area contributed by atoms with E-state index in [4.69, 9.17) is 4.74 Å². The molecule has 47 heavy (non-hydrogen) atoms. The summed E-state index contributed by atoms with van der Waals surface area (Å²) in [6.07, 6.45) is 38.4. The van der Waals surface area contributed by atoms with Gasteiger partial charge in [0.25, 0.3) is 0 Å². The van der Waals surface area contributed by atoms with Crippen molar-refractivity contribution in [3.63, 3.8) is 0 Å². The molecule has 0 N–H and O–H groups in total. The first-order valence-electron chi connectivity index (χ1n) is 21.6. The van der Waals surface area contributed by atoms with Gasteiger partial charge in [0.05, 0.1) is 0 Å². The van der Waals surface area contributed by atoms with E-state index in [2.05, 4.69) is 47.6 Å². The Kier molecular flexibility index (Phi) is 16.2. The molecular weight excluding hydrogens is 572 g/mol. The van der Waals surface area contributed by atoms with Crippen LogP contribution >= 0.6 is 0 Å². The minimum absolute atomic E-state index is 0.0653. The third-order valence-corrected chi connectivity index (χ3v) is 14.5. The lowest BCUT2D eigenvalue weighted by molar-refractivity contribution is -0.151. The first-order valence-corrected chi connectivity index (χ1v) is 21.6. The van der Waals surface area contributed by atoms with Crippen molar-refractivity contribution >= 4 is 5.97 Å². The van der Waals surface area contributed by atoms with Crippen molar-refractivity contribution in [2.45, 2.75) is 221 Å². The van der Waals surface area contributed by atoms with Gasteiger partial charge in [0.1, 0.15) is 6.10 Å². The van der Waals surface area contributed by atoms with E-state index in [1.165, 1.54) is 148 Å². The molecule has 0 amide bonds. The van der Waals surface area contributed by atoms with Gasteiger partial charge in [0.15, 0.2) is 0 Å². The van der Waals surface area contributed by atoms with E-state index >= 15 is 0 Å². The van der Waals surface area contributed by atoms with E-state index in [1.807, 2.05) is 0 Å². The number of carbonyl (C=O) groups excluding carboxylic acids is 1. The Bertz CT molecular complexity index is 934. The smallest absolute Gasteiger partial charge is 0.306 e. The van der Waals surface area contributed by atoms with Crippen LogP contribution in [-0.2, 0) is 9.53 Å². The predicted molar refractivity (Wildman–Crippen MR) is 202 cm³/mol. The molecular formula is C45H80O2. The van der Waals surface area contributed by atoms with Gasteiger partial charge in [-0.1, -0.05) is 162 Å². The van der Waals surface area contributed by atoms with Crippen LogP contribution in [0.5, 0.6) is 0 Å². The number of hydrogen-bond donors (Lipinski definition) is 0. The molecule has 3 fully saturated rings. The maximum Gasteiger partial charge on any atom is 0.306 e. The summed E-state index contributed by atoms with van der Waals surface area (Å²) in [6.45, 7) is 15.0. The molecule has 272 valence electrons. The molecule has 2 nitrogen and oxygen atoms in total. The van der Waals surface area contributed by atoms with Crippen LogP contribution in [0, 0.1) is 46.3 Å². The van der Waals surface area contributed by atoms with E-state index in [0.29, 0.717) is 17.3 Å². The van der Waals surface area contributed by atoms with Crippen LogP contribution in [0.3, 0.4) is 0 Å². The normalized spacial score (nSPS) is 32.4. The number of unbranched alkanes of at least 4 members (excludes halogenated alkanes) is 14. The molecule has 0 bridgehead atoms. The van der Waals surface area contributed by atoms with Crippen LogP contribution in [-0.4, -0.2) is 12.1 Å². The number of fused-ring (bicyclic) bond motifs is 5. The maximum absolute atomic E-state index is 12.8.